The zero-order valence-corrected chi connectivity index (χ0v) is 13.2. The van der Waals surface area contributed by atoms with E-state index < -0.39 is 0 Å². The summed E-state index contributed by atoms with van der Waals surface area (Å²) in [7, 11) is 1.91. The number of aromatic nitrogens is 2. The van der Waals surface area contributed by atoms with Gasteiger partial charge in [0.15, 0.2) is 0 Å². The van der Waals surface area contributed by atoms with E-state index in [0.29, 0.717) is 4.83 Å². The van der Waals surface area contributed by atoms with E-state index in [2.05, 4.69) is 32.9 Å². The van der Waals surface area contributed by atoms with E-state index >= 15 is 0 Å². The zero-order valence-electron chi connectivity index (χ0n) is 10.9. The van der Waals surface area contributed by atoms with Crippen LogP contribution in [0.3, 0.4) is 0 Å². The van der Waals surface area contributed by atoms with E-state index in [0.717, 1.165) is 29.5 Å². The fraction of sp³-hybridized carbons (Fsp3) is 0.769. The number of aryl methyl sites for hydroxylation is 2. The number of fused-ring (bicyclic) bond motifs is 2. The van der Waals surface area contributed by atoms with Gasteiger partial charge in [0.25, 0.3) is 0 Å². The lowest BCUT2D eigenvalue weighted by atomic mass is 10.0. The number of piperidine rings is 1. The number of alkyl halides is 1. The molecule has 1 aromatic rings. The summed E-state index contributed by atoms with van der Waals surface area (Å²) in [6.45, 7) is 3.02. The van der Waals surface area contributed by atoms with Crippen LogP contribution in [0.2, 0.25) is 5.15 Å². The molecule has 2 saturated heterocycles. The van der Waals surface area contributed by atoms with Crippen LogP contribution in [0, 0.1) is 6.92 Å². The molecule has 2 fully saturated rings. The summed E-state index contributed by atoms with van der Waals surface area (Å²) in [5.74, 6) is 0. The number of hydrogen-bond donors (Lipinski definition) is 0. The summed E-state index contributed by atoms with van der Waals surface area (Å²) < 4.78 is 1.78. The van der Waals surface area contributed by atoms with Crippen LogP contribution in [0.5, 0.6) is 0 Å². The Morgan fingerprint density at radius 3 is 2.44 bits per heavy atom. The van der Waals surface area contributed by atoms with Crippen molar-refractivity contribution in [3.05, 3.63) is 16.4 Å². The van der Waals surface area contributed by atoms with E-state index in [4.69, 9.17) is 11.6 Å². The van der Waals surface area contributed by atoms with Gasteiger partial charge in [-0.05, 0) is 32.6 Å². The minimum atomic E-state index is 0.705. The number of nitrogens with zero attached hydrogens (tertiary/aromatic N) is 3. The number of hydrogen-bond acceptors (Lipinski definition) is 2. The molecular formula is C13H19BrClN3. The molecule has 1 aromatic heterocycles. The Morgan fingerprint density at radius 2 is 1.94 bits per heavy atom. The predicted octanol–water partition coefficient (Wildman–Crippen LogP) is 3.27. The fourth-order valence-electron chi connectivity index (χ4n) is 3.50. The second kappa shape index (κ2) is 4.80. The summed E-state index contributed by atoms with van der Waals surface area (Å²) in [6, 6.07) is 1.45. The highest BCUT2D eigenvalue weighted by Gasteiger charge is 2.40. The van der Waals surface area contributed by atoms with Crippen molar-refractivity contribution in [2.45, 2.75) is 56.1 Å². The average Bonchev–Trinajstić information content (AvgIpc) is 2.68. The van der Waals surface area contributed by atoms with Gasteiger partial charge >= 0.3 is 0 Å². The highest BCUT2D eigenvalue weighted by atomic mass is 79.9. The number of halogens is 2. The maximum atomic E-state index is 6.34. The van der Waals surface area contributed by atoms with E-state index in [1.165, 1.54) is 31.2 Å². The van der Waals surface area contributed by atoms with Crippen LogP contribution in [0.1, 0.15) is 36.9 Å². The molecule has 2 bridgehead atoms. The molecule has 0 aromatic carbocycles. The van der Waals surface area contributed by atoms with Crippen LogP contribution in [0.4, 0.5) is 0 Å². The average molecular weight is 333 g/mol. The molecule has 18 heavy (non-hydrogen) atoms. The van der Waals surface area contributed by atoms with E-state index in [1.807, 2.05) is 7.05 Å². The van der Waals surface area contributed by atoms with Gasteiger partial charge in [-0.25, -0.2) is 0 Å². The van der Waals surface area contributed by atoms with Crippen LogP contribution in [0.25, 0.3) is 0 Å². The first kappa shape index (κ1) is 12.9. The van der Waals surface area contributed by atoms with E-state index in [-0.39, 0.29) is 0 Å². The molecule has 5 heteroatoms. The Labute approximate surface area is 122 Å². The van der Waals surface area contributed by atoms with Crippen molar-refractivity contribution in [2.75, 3.05) is 0 Å². The second-order valence-electron chi connectivity index (χ2n) is 5.60. The zero-order chi connectivity index (χ0) is 12.9. The molecule has 2 aliphatic rings. The number of rotatable bonds is 2. The Morgan fingerprint density at radius 1 is 1.33 bits per heavy atom. The van der Waals surface area contributed by atoms with Crippen LogP contribution in [-0.2, 0) is 13.6 Å². The molecule has 3 nitrogen and oxygen atoms in total. The van der Waals surface area contributed by atoms with Crippen molar-refractivity contribution in [1.82, 2.24) is 14.7 Å². The van der Waals surface area contributed by atoms with Gasteiger partial charge in [0.1, 0.15) is 5.15 Å². The largest absolute Gasteiger partial charge is 0.293 e. The van der Waals surface area contributed by atoms with Gasteiger partial charge in [-0.2, -0.15) is 5.10 Å². The molecule has 2 aliphatic heterocycles. The van der Waals surface area contributed by atoms with Crippen LogP contribution >= 0.6 is 27.5 Å². The quantitative estimate of drug-likeness (QED) is 0.775. The topological polar surface area (TPSA) is 21.1 Å². The third-order valence-corrected chi connectivity index (χ3v) is 5.66. The van der Waals surface area contributed by atoms with Crippen LogP contribution in [-0.4, -0.2) is 31.6 Å². The van der Waals surface area contributed by atoms with Gasteiger partial charge in [0.2, 0.25) is 0 Å². The molecular weight excluding hydrogens is 314 g/mol. The summed E-state index contributed by atoms with van der Waals surface area (Å²) in [4.78, 5) is 3.35. The maximum Gasteiger partial charge on any atom is 0.131 e. The SMILES string of the molecule is Cc1nn(C)c(Cl)c1CN1C2CCC1CC(Br)C2. The molecule has 2 unspecified atom stereocenters. The molecule has 0 spiro atoms. The van der Waals surface area contributed by atoms with Gasteiger partial charge < -0.3 is 0 Å². The molecule has 0 radical (unpaired) electrons. The molecule has 100 valence electrons. The third kappa shape index (κ3) is 2.12. The normalized spacial score (nSPS) is 32.1. The molecule has 0 aliphatic carbocycles. The Bertz CT molecular complexity index is 445. The molecule has 0 amide bonds. The lowest BCUT2D eigenvalue weighted by molar-refractivity contribution is 0.136. The molecule has 3 heterocycles. The molecule has 0 N–H and O–H groups in total. The van der Waals surface area contributed by atoms with Crippen LogP contribution in [0.15, 0.2) is 0 Å². The predicted molar refractivity (Wildman–Crippen MR) is 77.3 cm³/mol. The monoisotopic (exact) mass is 331 g/mol. The highest BCUT2D eigenvalue weighted by Crippen LogP contribution is 2.40. The summed E-state index contributed by atoms with van der Waals surface area (Å²) in [6.07, 6.45) is 5.22. The van der Waals surface area contributed by atoms with Gasteiger partial charge in [0, 0.05) is 36.1 Å². The second-order valence-corrected chi connectivity index (χ2v) is 7.26. The lowest BCUT2D eigenvalue weighted by Crippen LogP contribution is -2.42. The Balaban J connectivity index is 1.81. The minimum Gasteiger partial charge on any atom is -0.293 e. The minimum absolute atomic E-state index is 0.705. The standard InChI is InChI=1S/C13H19BrClN3/c1-8-12(13(15)17(2)16-8)7-18-10-3-4-11(18)6-9(14)5-10/h9-11H,3-7H2,1-2H3. The van der Waals surface area contributed by atoms with E-state index in [9.17, 15) is 0 Å². The third-order valence-electron chi connectivity index (χ3n) is 4.44. The van der Waals surface area contributed by atoms with Crippen molar-refractivity contribution in [3.8, 4) is 0 Å². The Hall–Kier alpha value is -0.0600. The molecule has 2 atom stereocenters. The molecule has 3 rings (SSSR count). The van der Waals surface area contributed by atoms with Crippen molar-refractivity contribution in [3.63, 3.8) is 0 Å². The van der Waals surface area contributed by atoms with E-state index in [1.54, 1.807) is 4.68 Å². The van der Waals surface area contributed by atoms with Crippen molar-refractivity contribution in [2.24, 2.45) is 7.05 Å². The van der Waals surface area contributed by atoms with Crippen molar-refractivity contribution < 1.29 is 0 Å². The summed E-state index contributed by atoms with van der Waals surface area (Å²) in [5.41, 5.74) is 2.28. The van der Waals surface area contributed by atoms with Gasteiger partial charge in [-0.1, -0.05) is 27.5 Å². The smallest absolute Gasteiger partial charge is 0.131 e. The first-order valence-corrected chi connectivity index (χ1v) is 7.93. The molecule has 0 saturated carbocycles. The summed E-state index contributed by atoms with van der Waals surface area (Å²) >= 11 is 10.1. The van der Waals surface area contributed by atoms with Crippen molar-refractivity contribution in [1.29, 1.82) is 0 Å². The van der Waals surface area contributed by atoms with Gasteiger partial charge in [-0.3, -0.25) is 9.58 Å². The highest BCUT2D eigenvalue weighted by molar-refractivity contribution is 9.09. The van der Waals surface area contributed by atoms with Gasteiger partial charge in [0.05, 0.1) is 5.69 Å². The van der Waals surface area contributed by atoms with Crippen molar-refractivity contribution >= 4 is 27.5 Å². The maximum absolute atomic E-state index is 6.34. The summed E-state index contributed by atoms with van der Waals surface area (Å²) in [5, 5.41) is 5.21. The first-order valence-electron chi connectivity index (χ1n) is 6.64. The first-order chi connectivity index (χ1) is 8.56. The van der Waals surface area contributed by atoms with Crippen LogP contribution < -0.4 is 0 Å². The Kier molecular flexibility index (Phi) is 3.45. The fourth-order valence-corrected chi connectivity index (χ4v) is 4.60. The van der Waals surface area contributed by atoms with Gasteiger partial charge in [-0.15, -0.1) is 0 Å². The lowest BCUT2D eigenvalue weighted by Gasteiger charge is -2.37.